The molecule has 1 aliphatic heterocycles. The molecule has 0 saturated carbocycles. The van der Waals surface area contributed by atoms with E-state index in [2.05, 4.69) is 11.8 Å². The predicted molar refractivity (Wildman–Crippen MR) is 77.9 cm³/mol. The van der Waals surface area contributed by atoms with Crippen molar-refractivity contribution in [1.82, 2.24) is 4.90 Å². The van der Waals surface area contributed by atoms with Gasteiger partial charge in [-0.25, -0.2) is 0 Å². The maximum absolute atomic E-state index is 13.1. The monoisotopic (exact) mass is 300 g/mol. The number of nitrogens with two attached hydrogens (primary N) is 1. The summed E-state index contributed by atoms with van der Waals surface area (Å²) in [6, 6.07) is 5.42. The Balaban J connectivity index is 2.14. The zero-order valence-electron chi connectivity index (χ0n) is 12.4. The Kier molecular flexibility index (Phi) is 5.27. The van der Waals surface area contributed by atoms with Crippen LogP contribution in [-0.4, -0.2) is 24.0 Å². The molecule has 0 aliphatic carbocycles. The summed E-state index contributed by atoms with van der Waals surface area (Å²) in [5.74, 6) is 0. The Bertz CT molecular complexity index is 459. The van der Waals surface area contributed by atoms with Crippen LogP contribution in [0.1, 0.15) is 49.8 Å². The second kappa shape index (κ2) is 6.79. The molecule has 0 aromatic heterocycles. The van der Waals surface area contributed by atoms with Gasteiger partial charge in [-0.15, -0.1) is 0 Å². The first kappa shape index (κ1) is 16.3. The summed E-state index contributed by atoms with van der Waals surface area (Å²) in [5.41, 5.74) is 5.68. The molecule has 1 heterocycles. The van der Waals surface area contributed by atoms with Crippen LogP contribution in [0.25, 0.3) is 0 Å². The summed E-state index contributed by atoms with van der Waals surface area (Å²) in [6.07, 6.45) is 0.214. The van der Waals surface area contributed by atoms with Crippen molar-refractivity contribution in [3.8, 4) is 0 Å². The third-order valence-electron chi connectivity index (χ3n) is 4.29. The third-order valence-corrected chi connectivity index (χ3v) is 4.29. The molecule has 21 heavy (non-hydrogen) atoms. The largest absolute Gasteiger partial charge is 0.416 e. The molecule has 2 rings (SSSR count). The van der Waals surface area contributed by atoms with E-state index >= 15 is 0 Å². The van der Waals surface area contributed by atoms with E-state index in [9.17, 15) is 13.2 Å². The highest BCUT2D eigenvalue weighted by Gasteiger charge is 2.34. The number of hydrogen-bond acceptors (Lipinski definition) is 2. The number of nitrogens with zero attached hydrogens (tertiary/aromatic N) is 1. The van der Waals surface area contributed by atoms with Gasteiger partial charge in [0.1, 0.15) is 0 Å². The topological polar surface area (TPSA) is 29.3 Å². The zero-order chi connectivity index (χ0) is 15.5. The molecule has 0 spiro atoms. The Morgan fingerprint density at radius 2 is 1.95 bits per heavy atom. The maximum Gasteiger partial charge on any atom is 0.416 e. The molecule has 1 aliphatic rings. The number of likely N-dealkylation sites (tertiary alicyclic amines) is 1. The highest BCUT2D eigenvalue weighted by Crippen LogP contribution is 2.34. The fourth-order valence-electron chi connectivity index (χ4n) is 3.04. The normalized spacial score (nSPS) is 22.8. The highest BCUT2D eigenvalue weighted by molar-refractivity contribution is 5.32. The van der Waals surface area contributed by atoms with Gasteiger partial charge in [0, 0.05) is 18.6 Å². The molecule has 1 aromatic carbocycles. The SMILES string of the molecule is CC1CCCCCN1CC(N)c1ccccc1C(F)(F)F. The molecular formula is C16H23F3N2. The smallest absolute Gasteiger partial charge is 0.323 e. The zero-order valence-corrected chi connectivity index (χ0v) is 12.4. The Morgan fingerprint density at radius 1 is 1.24 bits per heavy atom. The van der Waals surface area contributed by atoms with Crippen LogP contribution in [-0.2, 0) is 6.18 Å². The van der Waals surface area contributed by atoms with E-state index in [0.717, 1.165) is 25.5 Å². The molecule has 118 valence electrons. The first-order chi connectivity index (χ1) is 9.89. The molecule has 1 aromatic rings. The van der Waals surface area contributed by atoms with Crippen LogP contribution in [0.5, 0.6) is 0 Å². The number of benzene rings is 1. The minimum Gasteiger partial charge on any atom is -0.323 e. The van der Waals surface area contributed by atoms with Crippen LogP contribution >= 0.6 is 0 Å². The maximum atomic E-state index is 13.1. The van der Waals surface area contributed by atoms with Gasteiger partial charge in [0.15, 0.2) is 0 Å². The van der Waals surface area contributed by atoms with Gasteiger partial charge >= 0.3 is 6.18 Å². The summed E-state index contributed by atoms with van der Waals surface area (Å²) in [4.78, 5) is 2.23. The second-order valence-electron chi connectivity index (χ2n) is 5.88. The first-order valence-corrected chi connectivity index (χ1v) is 7.55. The molecule has 1 fully saturated rings. The summed E-state index contributed by atoms with van der Waals surface area (Å²) in [5, 5.41) is 0. The van der Waals surface area contributed by atoms with Crippen molar-refractivity contribution in [1.29, 1.82) is 0 Å². The van der Waals surface area contributed by atoms with Crippen LogP contribution in [0.3, 0.4) is 0 Å². The van der Waals surface area contributed by atoms with E-state index in [0.29, 0.717) is 12.6 Å². The third kappa shape index (κ3) is 4.20. The van der Waals surface area contributed by atoms with Gasteiger partial charge in [-0.3, -0.25) is 4.90 Å². The molecule has 0 amide bonds. The lowest BCUT2D eigenvalue weighted by molar-refractivity contribution is -0.138. The molecule has 5 heteroatoms. The summed E-state index contributed by atoms with van der Waals surface area (Å²) in [6.45, 7) is 3.53. The van der Waals surface area contributed by atoms with E-state index in [1.807, 2.05) is 0 Å². The lowest BCUT2D eigenvalue weighted by Crippen LogP contribution is -2.38. The standard InChI is InChI=1S/C16H23F3N2/c1-12-7-3-2-6-10-21(12)11-15(20)13-8-4-5-9-14(13)16(17,18)19/h4-5,8-9,12,15H,2-3,6-7,10-11,20H2,1H3. The average molecular weight is 300 g/mol. The number of hydrogen-bond donors (Lipinski definition) is 1. The van der Waals surface area contributed by atoms with E-state index < -0.39 is 17.8 Å². The molecule has 2 nitrogen and oxygen atoms in total. The Labute approximate surface area is 124 Å². The van der Waals surface area contributed by atoms with Gasteiger partial charge in [-0.2, -0.15) is 13.2 Å². The Hall–Kier alpha value is -1.07. The predicted octanol–water partition coefficient (Wildman–Crippen LogP) is 3.97. The van der Waals surface area contributed by atoms with E-state index in [4.69, 9.17) is 5.73 Å². The first-order valence-electron chi connectivity index (χ1n) is 7.55. The second-order valence-corrected chi connectivity index (χ2v) is 5.88. The molecule has 2 atom stereocenters. The minimum absolute atomic E-state index is 0.196. The van der Waals surface area contributed by atoms with Crippen LogP contribution in [0.4, 0.5) is 13.2 Å². The van der Waals surface area contributed by atoms with Gasteiger partial charge in [-0.1, -0.05) is 31.0 Å². The van der Waals surface area contributed by atoms with Crippen LogP contribution in [0.2, 0.25) is 0 Å². The summed E-state index contributed by atoms with van der Waals surface area (Å²) in [7, 11) is 0. The minimum atomic E-state index is -4.35. The summed E-state index contributed by atoms with van der Waals surface area (Å²) < 4.78 is 39.2. The molecular weight excluding hydrogens is 277 g/mol. The van der Waals surface area contributed by atoms with Crippen molar-refractivity contribution in [2.24, 2.45) is 5.73 Å². The van der Waals surface area contributed by atoms with E-state index in [1.54, 1.807) is 6.07 Å². The van der Waals surface area contributed by atoms with Crippen LogP contribution < -0.4 is 5.73 Å². The number of rotatable bonds is 3. The molecule has 1 saturated heterocycles. The molecule has 0 radical (unpaired) electrons. The fraction of sp³-hybridized carbons (Fsp3) is 0.625. The van der Waals surface area contributed by atoms with Crippen molar-refractivity contribution >= 4 is 0 Å². The number of halogens is 3. The molecule has 2 unspecified atom stereocenters. The van der Waals surface area contributed by atoms with Crippen molar-refractivity contribution in [2.75, 3.05) is 13.1 Å². The fourth-order valence-corrected chi connectivity index (χ4v) is 3.04. The number of alkyl halides is 3. The quantitative estimate of drug-likeness (QED) is 0.915. The summed E-state index contributed by atoms with van der Waals surface area (Å²) >= 11 is 0. The van der Waals surface area contributed by atoms with E-state index in [-0.39, 0.29) is 5.56 Å². The van der Waals surface area contributed by atoms with Gasteiger partial charge in [0.05, 0.1) is 5.56 Å². The van der Waals surface area contributed by atoms with Gasteiger partial charge in [-0.05, 0) is 37.9 Å². The lowest BCUT2D eigenvalue weighted by Gasteiger charge is -2.30. The van der Waals surface area contributed by atoms with Crippen molar-refractivity contribution in [3.05, 3.63) is 35.4 Å². The van der Waals surface area contributed by atoms with Crippen LogP contribution in [0, 0.1) is 0 Å². The Morgan fingerprint density at radius 3 is 2.67 bits per heavy atom. The van der Waals surface area contributed by atoms with Crippen molar-refractivity contribution < 1.29 is 13.2 Å². The van der Waals surface area contributed by atoms with Crippen molar-refractivity contribution in [3.63, 3.8) is 0 Å². The van der Waals surface area contributed by atoms with Crippen LogP contribution in [0.15, 0.2) is 24.3 Å². The van der Waals surface area contributed by atoms with Gasteiger partial charge < -0.3 is 5.73 Å². The molecule has 2 N–H and O–H groups in total. The highest BCUT2D eigenvalue weighted by atomic mass is 19.4. The average Bonchev–Trinajstić information content (AvgIpc) is 2.63. The van der Waals surface area contributed by atoms with Gasteiger partial charge in [0.2, 0.25) is 0 Å². The lowest BCUT2D eigenvalue weighted by atomic mass is 9.99. The van der Waals surface area contributed by atoms with Gasteiger partial charge in [0.25, 0.3) is 0 Å². The van der Waals surface area contributed by atoms with E-state index in [1.165, 1.54) is 25.0 Å². The van der Waals surface area contributed by atoms with Crippen molar-refractivity contribution in [2.45, 2.75) is 50.9 Å². The molecule has 0 bridgehead atoms.